The number of amides is 1. The normalized spacial score (nSPS) is 23.2. The van der Waals surface area contributed by atoms with Gasteiger partial charge in [-0.15, -0.1) is 0 Å². The van der Waals surface area contributed by atoms with Gasteiger partial charge in [-0.3, -0.25) is 4.79 Å². The molecule has 1 aromatic rings. The minimum absolute atomic E-state index is 0.0594. The highest BCUT2D eigenvalue weighted by molar-refractivity contribution is 7.89. The zero-order valence-corrected chi connectivity index (χ0v) is 16.2. The number of benzene rings is 1. The largest absolute Gasteiger partial charge is 0.334 e. The second-order valence-corrected chi connectivity index (χ2v) is 9.43. The molecule has 2 saturated heterocycles. The fourth-order valence-corrected chi connectivity index (χ4v) is 5.29. The van der Waals surface area contributed by atoms with Gasteiger partial charge in [-0.1, -0.05) is 6.92 Å². The molecule has 1 atom stereocenters. The van der Waals surface area contributed by atoms with Gasteiger partial charge < -0.3 is 10.6 Å². The van der Waals surface area contributed by atoms with Gasteiger partial charge in [-0.05, 0) is 62.3 Å². The maximum Gasteiger partial charge on any atom is 0.254 e. The van der Waals surface area contributed by atoms with E-state index in [9.17, 15) is 13.2 Å². The monoisotopic (exact) mass is 379 g/mol. The summed E-state index contributed by atoms with van der Waals surface area (Å²) in [6.07, 6.45) is 4.80. The molecule has 2 aliphatic heterocycles. The smallest absolute Gasteiger partial charge is 0.254 e. The fourth-order valence-electron chi connectivity index (χ4n) is 3.82. The van der Waals surface area contributed by atoms with Crippen LogP contribution in [0.2, 0.25) is 0 Å². The number of nitrogens with zero attached hydrogens (tertiary/aromatic N) is 2. The first-order valence-electron chi connectivity index (χ1n) is 9.54. The molecule has 0 radical (unpaired) electrons. The lowest BCUT2D eigenvalue weighted by Gasteiger charge is -2.35. The van der Waals surface area contributed by atoms with Gasteiger partial charge in [0.25, 0.3) is 5.91 Å². The fraction of sp³-hybridized carbons (Fsp3) is 0.632. The van der Waals surface area contributed by atoms with Crippen LogP contribution in [-0.2, 0) is 10.0 Å². The van der Waals surface area contributed by atoms with E-state index in [0.29, 0.717) is 37.7 Å². The van der Waals surface area contributed by atoms with Crippen LogP contribution in [0.25, 0.3) is 0 Å². The van der Waals surface area contributed by atoms with Gasteiger partial charge in [0.05, 0.1) is 4.90 Å². The van der Waals surface area contributed by atoms with Crippen molar-refractivity contribution in [1.29, 1.82) is 0 Å². The molecule has 2 N–H and O–H groups in total. The Hall–Kier alpha value is -1.44. The molecule has 1 aromatic carbocycles. The highest BCUT2D eigenvalue weighted by Crippen LogP contribution is 2.24. The Morgan fingerprint density at radius 1 is 1.08 bits per heavy atom. The van der Waals surface area contributed by atoms with Crippen LogP contribution in [-0.4, -0.2) is 55.8 Å². The van der Waals surface area contributed by atoms with Crippen molar-refractivity contribution >= 4 is 15.9 Å². The molecule has 0 aromatic heterocycles. The lowest BCUT2D eigenvalue weighted by Crippen LogP contribution is -2.47. The predicted molar refractivity (Wildman–Crippen MR) is 101 cm³/mol. The topological polar surface area (TPSA) is 83.7 Å². The minimum atomic E-state index is -3.48. The van der Waals surface area contributed by atoms with Crippen LogP contribution in [0.3, 0.4) is 0 Å². The van der Waals surface area contributed by atoms with Gasteiger partial charge in [0, 0.05) is 37.8 Å². The van der Waals surface area contributed by atoms with Crippen molar-refractivity contribution in [3.8, 4) is 0 Å². The van der Waals surface area contributed by atoms with E-state index in [2.05, 4.69) is 6.92 Å². The van der Waals surface area contributed by atoms with Gasteiger partial charge >= 0.3 is 0 Å². The van der Waals surface area contributed by atoms with Crippen molar-refractivity contribution in [2.24, 2.45) is 11.7 Å². The maximum absolute atomic E-state index is 12.8. The minimum Gasteiger partial charge on any atom is -0.334 e. The van der Waals surface area contributed by atoms with Gasteiger partial charge in [0.2, 0.25) is 10.0 Å². The number of likely N-dealkylation sites (tertiary alicyclic amines) is 1. The van der Waals surface area contributed by atoms with Crippen LogP contribution in [0.15, 0.2) is 29.2 Å². The first kappa shape index (κ1) is 19.3. The number of hydrogen-bond acceptors (Lipinski definition) is 4. The lowest BCUT2D eigenvalue weighted by molar-refractivity contribution is 0.0623. The van der Waals surface area contributed by atoms with E-state index in [0.717, 1.165) is 32.1 Å². The third-order valence-electron chi connectivity index (χ3n) is 5.64. The van der Waals surface area contributed by atoms with Crippen molar-refractivity contribution in [2.75, 3.05) is 26.2 Å². The predicted octanol–water partition coefficient (Wildman–Crippen LogP) is 2.06. The quantitative estimate of drug-likeness (QED) is 0.868. The van der Waals surface area contributed by atoms with E-state index in [1.807, 2.05) is 4.90 Å². The summed E-state index contributed by atoms with van der Waals surface area (Å²) in [5, 5.41) is 0. The molecule has 7 heteroatoms. The van der Waals surface area contributed by atoms with E-state index in [1.54, 1.807) is 28.6 Å². The summed E-state index contributed by atoms with van der Waals surface area (Å²) in [5.74, 6) is 0.511. The highest BCUT2D eigenvalue weighted by Gasteiger charge is 2.29. The van der Waals surface area contributed by atoms with Gasteiger partial charge in [-0.25, -0.2) is 8.42 Å². The van der Waals surface area contributed by atoms with E-state index in [4.69, 9.17) is 5.73 Å². The number of piperidine rings is 2. The summed E-state index contributed by atoms with van der Waals surface area (Å²) < 4.78 is 27.1. The lowest BCUT2D eigenvalue weighted by atomic mass is 10.0. The Balaban J connectivity index is 1.74. The Labute approximate surface area is 156 Å². The second-order valence-electron chi connectivity index (χ2n) is 7.49. The van der Waals surface area contributed by atoms with Crippen molar-refractivity contribution in [3.05, 3.63) is 29.8 Å². The molecule has 0 spiro atoms. The van der Waals surface area contributed by atoms with Crippen LogP contribution in [0.1, 0.15) is 49.4 Å². The number of hydrogen-bond donors (Lipinski definition) is 1. The number of sulfonamides is 1. The van der Waals surface area contributed by atoms with Crippen LogP contribution < -0.4 is 5.73 Å². The summed E-state index contributed by atoms with van der Waals surface area (Å²) >= 11 is 0. The first-order chi connectivity index (χ1) is 12.4. The van der Waals surface area contributed by atoms with Crippen LogP contribution >= 0.6 is 0 Å². The standard InChI is InChI=1S/C19H29N3O3S/c1-15-9-12-21(13-10-15)26(24,25)18-7-5-16(6-8-18)19(23)22-11-3-2-4-17(22)14-20/h5-8,15,17H,2-4,9-14,20H2,1H3. The molecule has 0 saturated carbocycles. The molecule has 6 nitrogen and oxygen atoms in total. The van der Waals surface area contributed by atoms with Gasteiger partial charge in [0.15, 0.2) is 0 Å². The van der Waals surface area contributed by atoms with Gasteiger partial charge in [0.1, 0.15) is 0 Å². The van der Waals surface area contributed by atoms with Crippen LogP contribution in [0.5, 0.6) is 0 Å². The Bertz CT molecular complexity index is 725. The first-order valence-corrected chi connectivity index (χ1v) is 11.0. The number of carbonyl (C=O) groups excluding carboxylic acids is 1. The van der Waals surface area contributed by atoms with Gasteiger partial charge in [-0.2, -0.15) is 4.31 Å². The molecule has 0 aliphatic carbocycles. The van der Waals surface area contributed by atoms with Crippen molar-refractivity contribution in [3.63, 3.8) is 0 Å². The third kappa shape index (κ3) is 3.94. The molecule has 26 heavy (non-hydrogen) atoms. The second kappa shape index (κ2) is 8.06. The van der Waals surface area contributed by atoms with Crippen molar-refractivity contribution < 1.29 is 13.2 Å². The zero-order chi connectivity index (χ0) is 18.7. The Morgan fingerprint density at radius 2 is 1.73 bits per heavy atom. The maximum atomic E-state index is 12.8. The third-order valence-corrected chi connectivity index (χ3v) is 7.55. The average molecular weight is 380 g/mol. The average Bonchev–Trinajstić information content (AvgIpc) is 2.68. The van der Waals surface area contributed by atoms with Crippen molar-refractivity contribution in [2.45, 2.75) is 50.0 Å². The number of carbonyl (C=O) groups is 1. The molecule has 2 aliphatic rings. The Morgan fingerprint density at radius 3 is 2.35 bits per heavy atom. The van der Waals surface area contributed by atoms with Crippen LogP contribution in [0.4, 0.5) is 0 Å². The molecule has 2 fully saturated rings. The zero-order valence-electron chi connectivity index (χ0n) is 15.4. The molecular weight excluding hydrogens is 350 g/mol. The van der Waals surface area contributed by atoms with E-state index in [1.165, 1.54) is 0 Å². The number of rotatable bonds is 4. The van der Waals surface area contributed by atoms with E-state index < -0.39 is 10.0 Å². The molecule has 2 heterocycles. The molecule has 3 rings (SSSR count). The molecule has 1 amide bonds. The van der Waals surface area contributed by atoms with Crippen LogP contribution in [0, 0.1) is 5.92 Å². The SMILES string of the molecule is CC1CCN(S(=O)(=O)c2ccc(C(=O)N3CCCCC3CN)cc2)CC1. The summed E-state index contributed by atoms with van der Waals surface area (Å²) in [7, 11) is -3.48. The molecule has 1 unspecified atom stereocenters. The molecule has 0 bridgehead atoms. The summed E-state index contributed by atoms with van der Waals surface area (Å²) in [6.45, 7) is 4.46. The Kier molecular flexibility index (Phi) is 5.99. The van der Waals surface area contributed by atoms with E-state index >= 15 is 0 Å². The highest BCUT2D eigenvalue weighted by atomic mass is 32.2. The van der Waals surface area contributed by atoms with E-state index in [-0.39, 0.29) is 16.8 Å². The summed E-state index contributed by atoms with van der Waals surface area (Å²) in [5.41, 5.74) is 6.33. The van der Waals surface area contributed by atoms with Crippen molar-refractivity contribution in [1.82, 2.24) is 9.21 Å². The summed E-state index contributed by atoms with van der Waals surface area (Å²) in [6, 6.07) is 6.45. The molecular formula is C19H29N3O3S. The summed E-state index contributed by atoms with van der Waals surface area (Å²) in [4.78, 5) is 14.9. The number of nitrogens with two attached hydrogens (primary N) is 1. The molecule has 144 valence electrons.